The third kappa shape index (κ3) is 3.35. The molecule has 2 rings (SSSR count). The van der Waals surface area contributed by atoms with E-state index in [1.807, 2.05) is 19.1 Å². The number of methoxy groups -OCH3 is 1. The van der Waals surface area contributed by atoms with E-state index in [0.29, 0.717) is 11.7 Å². The molecule has 1 atom stereocenters. The molecular formula is C14H19BrN2O2S. The Kier molecular flexibility index (Phi) is 5.46. The zero-order chi connectivity index (χ0) is 14.6. The van der Waals surface area contributed by atoms with Gasteiger partial charge in [0, 0.05) is 16.4 Å². The van der Waals surface area contributed by atoms with E-state index in [0.717, 1.165) is 28.9 Å². The maximum absolute atomic E-state index is 12.3. The van der Waals surface area contributed by atoms with Crippen molar-refractivity contribution in [2.45, 2.75) is 30.3 Å². The zero-order valence-corrected chi connectivity index (χ0v) is 14.1. The van der Waals surface area contributed by atoms with Gasteiger partial charge in [-0.25, -0.2) is 4.98 Å². The summed E-state index contributed by atoms with van der Waals surface area (Å²) in [7, 11) is 1.46. The largest absolute Gasteiger partial charge is 0.468 e. The van der Waals surface area contributed by atoms with E-state index < -0.39 is 5.54 Å². The van der Waals surface area contributed by atoms with Crippen molar-refractivity contribution in [3.8, 4) is 0 Å². The predicted octanol–water partition coefficient (Wildman–Crippen LogP) is 2.87. The monoisotopic (exact) mass is 358 g/mol. The molecular weight excluding hydrogens is 340 g/mol. The molecule has 0 aliphatic heterocycles. The number of nitrogens with zero attached hydrogens (tertiary/aromatic N) is 1. The molecule has 1 saturated carbocycles. The lowest BCUT2D eigenvalue weighted by Gasteiger charge is -2.31. The molecule has 1 heterocycles. The molecule has 1 aliphatic rings. The predicted molar refractivity (Wildman–Crippen MR) is 83.8 cm³/mol. The lowest BCUT2D eigenvalue weighted by Crippen LogP contribution is -2.56. The summed E-state index contributed by atoms with van der Waals surface area (Å²) >= 11 is 5.07. The van der Waals surface area contributed by atoms with E-state index >= 15 is 0 Å². The molecule has 0 radical (unpaired) electrons. The molecule has 1 fully saturated rings. The minimum absolute atomic E-state index is 0.165. The van der Waals surface area contributed by atoms with Crippen molar-refractivity contribution >= 4 is 33.7 Å². The third-order valence-electron chi connectivity index (χ3n) is 3.48. The number of halogens is 1. The van der Waals surface area contributed by atoms with E-state index in [2.05, 4.69) is 26.2 Å². The molecule has 20 heavy (non-hydrogen) atoms. The van der Waals surface area contributed by atoms with Crippen LogP contribution in [0.25, 0.3) is 0 Å². The van der Waals surface area contributed by atoms with E-state index in [-0.39, 0.29) is 5.97 Å². The third-order valence-corrected chi connectivity index (χ3v) is 5.58. The summed E-state index contributed by atoms with van der Waals surface area (Å²) in [5.74, 6) is 0.833. The molecule has 1 aromatic rings. The Labute approximate surface area is 132 Å². The Morgan fingerprint density at radius 2 is 2.40 bits per heavy atom. The van der Waals surface area contributed by atoms with Crippen LogP contribution in [0.3, 0.4) is 0 Å². The van der Waals surface area contributed by atoms with Crippen LogP contribution in [0, 0.1) is 5.92 Å². The second-order valence-corrected chi connectivity index (χ2v) is 6.66. The highest BCUT2D eigenvalue weighted by Crippen LogP contribution is 2.43. The molecule has 1 unspecified atom stereocenters. The van der Waals surface area contributed by atoms with Gasteiger partial charge >= 0.3 is 5.97 Å². The molecule has 110 valence electrons. The maximum atomic E-state index is 12.3. The van der Waals surface area contributed by atoms with Crippen molar-refractivity contribution in [3.63, 3.8) is 0 Å². The number of thioether (sulfide) groups is 1. The van der Waals surface area contributed by atoms with Gasteiger partial charge in [0.1, 0.15) is 10.6 Å². The average Bonchev–Trinajstić information content (AvgIpc) is 3.29. The molecule has 0 aromatic carbocycles. The number of esters is 1. The summed E-state index contributed by atoms with van der Waals surface area (Å²) in [4.78, 5) is 16.6. The van der Waals surface area contributed by atoms with Crippen LogP contribution in [0.5, 0.6) is 0 Å². The van der Waals surface area contributed by atoms with Gasteiger partial charge in [0.25, 0.3) is 0 Å². The summed E-state index contributed by atoms with van der Waals surface area (Å²) in [6.45, 7) is 2.76. The summed E-state index contributed by atoms with van der Waals surface area (Å²) < 4.78 is 6.00. The van der Waals surface area contributed by atoms with Crippen molar-refractivity contribution in [1.29, 1.82) is 0 Å². The number of ether oxygens (including phenoxy) is 1. The number of likely N-dealkylation sites (N-methyl/N-ethyl adjacent to an activating group) is 1. The molecule has 0 amide bonds. The maximum Gasteiger partial charge on any atom is 0.327 e. The Hall–Kier alpha value is -0.590. The fourth-order valence-electron chi connectivity index (χ4n) is 2.34. The highest BCUT2D eigenvalue weighted by molar-refractivity contribution is 9.10. The van der Waals surface area contributed by atoms with Crippen LogP contribution < -0.4 is 5.32 Å². The number of aromatic nitrogens is 1. The van der Waals surface area contributed by atoms with E-state index in [9.17, 15) is 4.79 Å². The number of carbonyl (C=O) groups excluding carboxylic acids is 1. The molecule has 0 bridgehead atoms. The van der Waals surface area contributed by atoms with Crippen molar-refractivity contribution < 1.29 is 9.53 Å². The van der Waals surface area contributed by atoms with Crippen molar-refractivity contribution in [2.24, 2.45) is 5.92 Å². The first-order valence-electron chi connectivity index (χ1n) is 6.70. The number of carbonyl (C=O) groups is 1. The highest BCUT2D eigenvalue weighted by atomic mass is 79.9. The first-order valence-corrected chi connectivity index (χ1v) is 8.48. The molecule has 1 aliphatic carbocycles. The SMILES string of the molecule is CCNC(CSc1ncccc1Br)(C(=O)OC)C1CC1. The van der Waals surface area contributed by atoms with E-state index in [1.54, 1.807) is 18.0 Å². The Morgan fingerprint density at radius 3 is 2.95 bits per heavy atom. The molecule has 0 saturated heterocycles. The minimum atomic E-state index is -0.592. The van der Waals surface area contributed by atoms with Gasteiger partial charge in [0.15, 0.2) is 0 Å². The average molecular weight is 359 g/mol. The molecule has 6 heteroatoms. The smallest absolute Gasteiger partial charge is 0.327 e. The summed E-state index contributed by atoms with van der Waals surface area (Å²) in [5.41, 5.74) is -0.592. The van der Waals surface area contributed by atoms with Crippen LogP contribution in [-0.4, -0.2) is 35.9 Å². The Morgan fingerprint density at radius 1 is 1.65 bits per heavy atom. The van der Waals surface area contributed by atoms with Crippen LogP contribution >= 0.6 is 27.7 Å². The lowest BCUT2D eigenvalue weighted by molar-refractivity contribution is -0.148. The quantitative estimate of drug-likeness (QED) is 0.599. The van der Waals surface area contributed by atoms with Gasteiger partial charge in [-0.05, 0) is 53.4 Å². The number of pyridine rings is 1. The van der Waals surface area contributed by atoms with Crippen LogP contribution in [0.15, 0.2) is 27.8 Å². The first kappa shape index (κ1) is 15.8. The van der Waals surface area contributed by atoms with Crippen LogP contribution in [0.4, 0.5) is 0 Å². The standard InChI is InChI=1S/C14H19BrN2O2S/c1-3-17-14(10-6-7-10,13(18)19-2)9-20-12-11(15)5-4-8-16-12/h4-5,8,10,17H,3,6-7,9H2,1-2H3. The molecule has 1 aromatic heterocycles. The molecule has 1 N–H and O–H groups in total. The topological polar surface area (TPSA) is 51.2 Å². The van der Waals surface area contributed by atoms with Crippen molar-refractivity contribution in [1.82, 2.24) is 10.3 Å². The second-order valence-electron chi connectivity index (χ2n) is 4.85. The fraction of sp³-hybridized carbons (Fsp3) is 0.571. The van der Waals surface area contributed by atoms with Crippen LogP contribution in [0.2, 0.25) is 0 Å². The number of hydrogen-bond acceptors (Lipinski definition) is 5. The van der Waals surface area contributed by atoms with Crippen molar-refractivity contribution in [3.05, 3.63) is 22.8 Å². The van der Waals surface area contributed by atoms with E-state index in [4.69, 9.17) is 4.74 Å². The minimum Gasteiger partial charge on any atom is -0.468 e. The van der Waals surface area contributed by atoms with Gasteiger partial charge in [-0.3, -0.25) is 4.79 Å². The second kappa shape index (κ2) is 6.91. The number of hydrogen-bond donors (Lipinski definition) is 1. The highest BCUT2D eigenvalue weighted by Gasteiger charge is 2.51. The number of rotatable bonds is 7. The first-order chi connectivity index (χ1) is 9.64. The zero-order valence-electron chi connectivity index (χ0n) is 11.7. The van der Waals surface area contributed by atoms with E-state index in [1.165, 1.54) is 7.11 Å². The Bertz CT molecular complexity index is 482. The molecule has 4 nitrogen and oxygen atoms in total. The van der Waals surface area contributed by atoms with Crippen LogP contribution in [0.1, 0.15) is 19.8 Å². The van der Waals surface area contributed by atoms with Crippen molar-refractivity contribution in [2.75, 3.05) is 19.4 Å². The van der Waals surface area contributed by atoms with Crippen LogP contribution in [-0.2, 0) is 9.53 Å². The van der Waals surface area contributed by atoms with Gasteiger partial charge in [-0.15, -0.1) is 11.8 Å². The van der Waals surface area contributed by atoms with Gasteiger partial charge in [0.05, 0.1) is 7.11 Å². The normalized spacial score (nSPS) is 17.6. The summed E-state index contributed by atoms with van der Waals surface area (Å²) in [6.07, 6.45) is 3.91. The lowest BCUT2D eigenvalue weighted by atomic mass is 9.95. The Balaban J connectivity index is 2.15. The summed E-state index contributed by atoms with van der Waals surface area (Å²) in [6, 6.07) is 3.84. The van der Waals surface area contributed by atoms with Gasteiger partial charge < -0.3 is 10.1 Å². The fourth-order valence-corrected chi connectivity index (χ4v) is 4.10. The number of nitrogens with one attached hydrogen (secondary N) is 1. The molecule has 0 spiro atoms. The van der Waals surface area contributed by atoms with Gasteiger partial charge in [-0.1, -0.05) is 6.92 Å². The van der Waals surface area contributed by atoms with Gasteiger partial charge in [-0.2, -0.15) is 0 Å². The van der Waals surface area contributed by atoms with Gasteiger partial charge in [0.2, 0.25) is 0 Å². The summed E-state index contributed by atoms with van der Waals surface area (Å²) in [5, 5.41) is 4.26.